The highest BCUT2D eigenvalue weighted by atomic mass is 127. The summed E-state index contributed by atoms with van der Waals surface area (Å²) >= 11 is 11.8. The molecule has 0 N–H and O–H groups in total. The van der Waals surface area contributed by atoms with Gasteiger partial charge in [0.05, 0.1) is 10.0 Å². The molecule has 1 aromatic heterocycles. The Bertz CT molecular complexity index is 567. The molecule has 2 aromatic rings. The van der Waals surface area contributed by atoms with E-state index in [1.807, 2.05) is 60.3 Å². The van der Waals surface area contributed by atoms with Gasteiger partial charge in [0.1, 0.15) is 7.05 Å². The lowest BCUT2D eigenvalue weighted by Crippen LogP contribution is -3.00. The summed E-state index contributed by atoms with van der Waals surface area (Å²) in [6.45, 7) is 0. The number of rotatable bonds is 2. The monoisotopic (exact) mass is 391 g/mol. The number of pyridine rings is 1. The van der Waals surface area contributed by atoms with Gasteiger partial charge in [0.15, 0.2) is 6.20 Å². The second-order valence-corrected chi connectivity index (χ2v) is 4.56. The molecule has 0 aliphatic rings. The van der Waals surface area contributed by atoms with Crippen LogP contribution in [0.1, 0.15) is 11.3 Å². The number of aryl methyl sites for hydroxylation is 1. The Morgan fingerprint density at radius 2 is 1.78 bits per heavy atom. The highest BCUT2D eigenvalue weighted by Crippen LogP contribution is 2.23. The fourth-order valence-corrected chi connectivity index (χ4v) is 1.81. The van der Waals surface area contributed by atoms with Gasteiger partial charge in [-0.25, -0.2) is 4.57 Å². The first kappa shape index (κ1) is 15.5. The van der Waals surface area contributed by atoms with Crippen LogP contribution < -0.4 is 28.5 Å². The van der Waals surface area contributed by atoms with E-state index < -0.39 is 0 Å². The molecule has 1 heterocycles. The van der Waals surface area contributed by atoms with Gasteiger partial charge in [0, 0.05) is 18.2 Å². The number of benzene rings is 1. The highest BCUT2D eigenvalue weighted by molar-refractivity contribution is 6.42. The van der Waals surface area contributed by atoms with E-state index in [0.29, 0.717) is 10.0 Å². The highest BCUT2D eigenvalue weighted by Gasteiger charge is 2.00. The fourth-order valence-electron chi connectivity index (χ4n) is 1.51. The van der Waals surface area contributed by atoms with Crippen molar-refractivity contribution in [2.75, 3.05) is 0 Å². The maximum absolute atomic E-state index is 5.96. The Morgan fingerprint density at radius 1 is 1.00 bits per heavy atom. The van der Waals surface area contributed by atoms with Crippen LogP contribution in [0, 0.1) is 0 Å². The van der Waals surface area contributed by atoms with E-state index in [1.54, 1.807) is 6.07 Å². The lowest BCUT2D eigenvalue weighted by atomic mass is 10.2. The average Bonchev–Trinajstić information content (AvgIpc) is 2.32. The summed E-state index contributed by atoms with van der Waals surface area (Å²) in [5, 5.41) is 1.15. The SMILES string of the molecule is C[n+]1ccccc1C=Cc1ccc(Cl)c(Cl)c1.[I-]. The van der Waals surface area contributed by atoms with Crippen LogP contribution in [0.2, 0.25) is 10.0 Å². The minimum absolute atomic E-state index is 0. The van der Waals surface area contributed by atoms with Crippen LogP contribution in [-0.4, -0.2) is 0 Å². The Morgan fingerprint density at radius 3 is 2.44 bits per heavy atom. The van der Waals surface area contributed by atoms with Gasteiger partial charge in [-0.1, -0.05) is 29.3 Å². The molecule has 18 heavy (non-hydrogen) atoms. The van der Waals surface area contributed by atoms with Crippen molar-refractivity contribution in [1.29, 1.82) is 0 Å². The minimum atomic E-state index is 0. The van der Waals surface area contributed by atoms with Crippen LogP contribution in [0.3, 0.4) is 0 Å². The van der Waals surface area contributed by atoms with E-state index in [-0.39, 0.29) is 24.0 Å². The summed E-state index contributed by atoms with van der Waals surface area (Å²) in [6.07, 6.45) is 6.06. The van der Waals surface area contributed by atoms with Gasteiger partial charge >= 0.3 is 0 Å². The van der Waals surface area contributed by atoms with E-state index in [1.165, 1.54) is 0 Å². The van der Waals surface area contributed by atoms with Crippen LogP contribution in [0.15, 0.2) is 42.6 Å². The molecule has 2 rings (SSSR count). The van der Waals surface area contributed by atoms with Crippen molar-refractivity contribution in [2.45, 2.75) is 0 Å². The van der Waals surface area contributed by atoms with Crippen LogP contribution in [-0.2, 0) is 7.05 Å². The zero-order valence-corrected chi connectivity index (χ0v) is 13.4. The number of aromatic nitrogens is 1. The summed E-state index contributed by atoms with van der Waals surface area (Å²) in [7, 11) is 2.01. The first-order chi connectivity index (χ1) is 8.16. The number of halogens is 3. The van der Waals surface area contributed by atoms with Crippen molar-refractivity contribution >= 4 is 35.4 Å². The Balaban J connectivity index is 0.00000162. The predicted molar refractivity (Wildman–Crippen MR) is 73.0 cm³/mol. The normalized spacial score (nSPS) is 10.4. The summed E-state index contributed by atoms with van der Waals surface area (Å²) in [5.41, 5.74) is 2.15. The summed E-state index contributed by atoms with van der Waals surface area (Å²) in [4.78, 5) is 0. The third-order valence-corrected chi connectivity index (χ3v) is 3.22. The molecule has 0 amide bonds. The van der Waals surface area contributed by atoms with E-state index in [0.717, 1.165) is 11.3 Å². The van der Waals surface area contributed by atoms with Crippen LogP contribution in [0.4, 0.5) is 0 Å². The zero-order valence-electron chi connectivity index (χ0n) is 9.78. The maximum atomic E-state index is 5.96. The second-order valence-electron chi connectivity index (χ2n) is 3.74. The summed E-state index contributed by atoms with van der Waals surface area (Å²) < 4.78 is 2.05. The van der Waals surface area contributed by atoms with Crippen LogP contribution in [0.5, 0.6) is 0 Å². The quantitative estimate of drug-likeness (QED) is 0.531. The maximum Gasteiger partial charge on any atom is 0.204 e. The molecule has 0 saturated heterocycles. The van der Waals surface area contributed by atoms with Gasteiger partial charge < -0.3 is 24.0 Å². The summed E-state index contributed by atoms with van der Waals surface area (Å²) in [5.74, 6) is 0. The Labute approximate surface area is 134 Å². The van der Waals surface area contributed by atoms with Gasteiger partial charge in [-0.15, -0.1) is 0 Å². The van der Waals surface area contributed by atoms with Gasteiger partial charge in [0.25, 0.3) is 0 Å². The van der Waals surface area contributed by atoms with Crippen LogP contribution in [0.25, 0.3) is 12.2 Å². The molecule has 0 atom stereocenters. The molecular weight excluding hydrogens is 380 g/mol. The molecule has 4 heteroatoms. The van der Waals surface area contributed by atoms with Crippen LogP contribution >= 0.6 is 23.2 Å². The molecule has 0 radical (unpaired) electrons. The van der Waals surface area contributed by atoms with Gasteiger partial charge in [-0.3, -0.25) is 0 Å². The molecule has 1 nitrogen and oxygen atoms in total. The molecular formula is C14H12Cl2IN. The molecule has 0 saturated carbocycles. The predicted octanol–water partition coefficient (Wildman–Crippen LogP) is 0.992. The van der Waals surface area contributed by atoms with E-state index in [9.17, 15) is 0 Å². The van der Waals surface area contributed by atoms with Crippen molar-refractivity contribution in [3.05, 3.63) is 63.9 Å². The third-order valence-electron chi connectivity index (χ3n) is 2.49. The van der Waals surface area contributed by atoms with Crippen molar-refractivity contribution in [1.82, 2.24) is 0 Å². The first-order valence-electron chi connectivity index (χ1n) is 5.24. The minimum Gasteiger partial charge on any atom is -1.00 e. The smallest absolute Gasteiger partial charge is 0.204 e. The average molecular weight is 392 g/mol. The van der Waals surface area contributed by atoms with Gasteiger partial charge in [-0.2, -0.15) is 0 Å². The van der Waals surface area contributed by atoms with Crippen molar-refractivity contribution in [3.63, 3.8) is 0 Å². The van der Waals surface area contributed by atoms with E-state index >= 15 is 0 Å². The van der Waals surface area contributed by atoms with Crippen molar-refractivity contribution < 1.29 is 28.5 Å². The van der Waals surface area contributed by atoms with E-state index in [4.69, 9.17) is 23.2 Å². The van der Waals surface area contributed by atoms with Gasteiger partial charge in [0.2, 0.25) is 5.69 Å². The molecule has 0 aliphatic carbocycles. The third kappa shape index (κ3) is 3.97. The number of hydrogen-bond acceptors (Lipinski definition) is 0. The van der Waals surface area contributed by atoms with Crippen molar-refractivity contribution in [2.24, 2.45) is 7.05 Å². The van der Waals surface area contributed by atoms with E-state index in [2.05, 4.69) is 0 Å². The molecule has 0 unspecified atom stereocenters. The second kappa shape index (κ2) is 7.12. The number of hydrogen-bond donors (Lipinski definition) is 0. The summed E-state index contributed by atoms with van der Waals surface area (Å²) in [6, 6.07) is 11.6. The largest absolute Gasteiger partial charge is 1.00 e. The topological polar surface area (TPSA) is 3.88 Å². The lowest BCUT2D eigenvalue weighted by Gasteiger charge is -1.97. The first-order valence-corrected chi connectivity index (χ1v) is 6.00. The number of nitrogens with zero attached hydrogens (tertiary/aromatic N) is 1. The molecule has 0 aliphatic heterocycles. The molecule has 0 spiro atoms. The molecule has 94 valence electrons. The lowest BCUT2D eigenvalue weighted by molar-refractivity contribution is -0.673. The Hall–Kier alpha value is -0.580. The van der Waals surface area contributed by atoms with Gasteiger partial charge in [-0.05, 0) is 29.8 Å². The standard InChI is InChI=1S/C14H12Cl2N.HI/c1-17-9-3-2-4-12(17)7-5-11-6-8-13(15)14(16)10-11;/h2-10H,1H3;1H/q+1;/p-1. The zero-order chi connectivity index (χ0) is 12.3. The molecule has 0 bridgehead atoms. The molecule has 1 aromatic carbocycles. The Kier molecular flexibility index (Phi) is 6.12. The molecule has 0 fully saturated rings. The fraction of sp³-hybridized carbons (Fsp3) is 0.0714. The van der Waals surface area contributed by atoms with Crippen molar-refractivity contribution in [3.8, 4) is 0 Å².